The van der Waals surface area contributed by atoms with Gasteiger partial charge in [-0.15, -0.1) is 0 Å². The van der Waals surface area contributed by atoms with Crippen molar-refractivity contribution >= 4 is 5.69 Å². The molecular weight excluding hydrogens is 238 g/mol. The minimum absolute atomic E-state index is 0.477. The van der Waals surface area contributed by atoms with Crippen molar-refractivity contribution in [3.63, 3.8) is 0 Å². The average Bonchev–Trinajstić information content (AvgIpc) is 3.15. The zero-order chi connectivity index (χ0) is 12.8. The summed E-state index contributed by atoms with van der Waals surface area (Å²) in [5, 5.41) is 4.11. The first kappa shape index (κ1) is 11.0. The van der Waals surface area contributed by atoms with E-state index in [1.807, 2.05) is 24.3 Å². The fraction of sp³-hybridized carbons (Fsp3) is 0.467. The fourth-order valence-corrected chi connectivity index (χ4v) is 3.74. The van der Waals surface area contributed by atoms with Crippen LogP contribution in [-0.4, -0.2) is 10.1 Å². The molecule has 1 aromatic heterocycles. The molecule has 0 saturated heterocycles. The van der Waals surface area contributed by atoms with Gasteiger partial charge in [0.25, 0.3) is 0 Å². The lowest BCUT2D eigenvalue weighted by Crippen LogP contribution is -2.08. The van der Waals surface area contributed by atoms with Gasteiger partial charge in [0, 0.05) is 17.2 Å². The minimum atomic E-state index is 0.477. The molecule has 2 saturated carbocycles. The summed E-state index contributed by atoms with van der Waals surface area (Å²) in [6, 6.07) is 7.66. The molecule has 0 amide bonds. The van der Waals surface area contributed by atoms with E-state index in [9.17, 15) is 0 Å². The summed E-state index contributed by atoms with van der Waals surface area (Å²) in [4.78, 5) is 4.58. The summed E-state index contributed by atoms with van der Waals surface area (Å²) in [7, 11) is 0. The van der Waals surface area contributed by atoms with Crippen molar-refractivity contribution in [3.8, 4) is 11.4 Å². The van der Waals surface area contributed by atoms with Crippen LogP contribution in [0.25, 0.3) is 11.4 Å². The van der Waals surface area contributed by atoms with Crippen molar-refractivity contribution in [2.24, 2.45) is 11.8 Å². The van der Waals surface area contributed by atoms with Crippen LogP contribution in [0, 0.1) is 11.8 Å². The number of para-hydroxylation sites is 1. The van der Waals surface area contributed by atoms with Gasteiger partial charge in [0.05, 0.1) is 0 Å². The molecule has 2 aromatic rings. The van der Waals surface area contributed by atoms with E-state index < -0.39 is 0 Å². The predicted octanol–water partition coefficient (Wildman–Crippen LogP) is 3.22. The van der Waals surface area contributed by atoms with E-state index in [2.05, 4.69) is 10.1 Å². The Morgan fingerprint density at radius 3 is 2.79 bits per heavy atom. The Balaban J connectivity index is 1.65. The first-order chi connectivity index (χ1) is 9.31. The summed E-state index contributed by atoms with van der Waals surface area (Å²) >= 11 is 0. The van der Waals surface area contributed by atoms with Gasteiger partial charge >= 0.3 is 0 Å². The number of nitrogens with zero attached hydrogens (tertiary/aromatic N) is 2. The van der Waals surface area contributed by atoms with Gasteiger partial charge in [0.2, 0.25) is 11.7 Å². The molecular formula is C15H17N3O. The molecule has 0 aliphatic heterocycles. The van der Waals surface area contributed by atoms with Crippen molar-refractivity contribution in [3.05, 3.63) is 30.2 Å². The Kier molecular flexibility index (Phi) is 2.37. The monoisotopic (exact) mass is 255 g/mol. The summed E-state index contributed by atoms with van der Waals surface area (Å²) in [6.45, 7) is 0. The SMILES string of the molecule is Nc1ccccc1-c1noc(C2CC3CCC2C3)n1. The van der Waals surface area contributed by atoms with Crippen LogP contribution >= 0.6 is 0 Å². The molecule has 2 aliphatic carbocycles. The van der Waals surface area contributed by atoms with Crippen LogP contribution < -0.4 is 5.73 Å². The quantitative estimate of drug-likeness (QED) is 0.837. The largest absolute Gasteiger partial charge is 0.398 e. The zero-order valence-electron chi connectivity index (χ0n) is 10.7. The van der Waals surface area contributed by atoms with Gasteiger partial charge in [-0.05, 0) is 43.2 Å². The fourth-order valence-electron chi connectivity index (χ4n) is 3.74. The zero-order valence-corrected chi connectivity index (χ0v) is 10.7. The van der Waals surface area contributed by atoms with Gasteiger partial charge in [-0.25, -0.2) is 0 Å². The van der Waals surface area contributed by atoms with E-state index >= 15 is 0 Å². The number of nitrogen functional groups attached to an aromatic ring is 1. The lowest BCUT2D eigenvalue weighted by Gasteiger charge is -2.17. The summed E-state index contributed by atoms with van der Waals surface area (Å²) in [5.41, 5.74) is 7.51. The summed E-state index contributed by atoms with van der Waals surface area (Å²) < 4.78 is 5.49. The maximum absolute atomic E-state index is 5.95. The smallest absolute Gasteiger partial charge is 0.230 e. The van der Waals surface area contributed by atoms with E-state index in [0.717, 1.165) is 23.3 Å². The van der Waals surface area contributed by atoms with Gasteiger partial charge in [0.15, 0.2) is 0 Å². The molecule has 98 valence electrons. The first-order valence-electron chi connectivity index (χ1n) is 7.00. The molecule has 2 N–H and O–H groups in total. The molecule has 1 heterocycles. The highest BCUT2D eigenvalue weighted by Crippen LogP contribution is 2.52. The normalized spacial score (nSPS) is 28.9. The summed E-state index contributed by atoms with van der Waals surface area (Å²) in [5.74, 6) is 3.55. The number of nitrogens with two attached hydrogens (primary N) is 1. The van der Waals surface area contributed by atoms with Crippen LogP contribution in [0.4, 0.5) is 5.69 Å². The van der Waals surface area contributed by atoms with E-state index in [0.29, 0.717) is 17.4 Å². The van der Waals surface area contributed by atoms with E-state index in [1.165, 1.54) is 25.7 Å². The van der Waals surface area contributed by atoms with Crippen molar-refractivity contribution in [1.29, 1.82) is 0 Å². The van der Waals surface area contributed by atoms with Crippen molar-refractivity contribution in [2.75, 3.05) is 5.73 Å². The molecule has 4 nitrogen and oxygen atoms in total. The van der Waals surface area contributed by atoms with Gasteiger partial charge in [-0.3, -0.25) is 0 Å². The Morgan fingerprint density at radius 1 is 1.16 bits per heavy atom. The lowest BCUT2D eigenvalue weighted by molar-refractivity contribution is 0.302. The molecule has 1 aromatic carbocycles. The Morgan fingerprint density at radius 2 is 2.05 bits per heavy atom. The van der Waals surface area contributed by atoms with Crippen molar-refractivity contribution in [1.82, 2.24) is 10.1 Å². The highest BCUT2D eigenvalue weighted by atomic mass is 16.5. The third-order valence-corrected chi connectivity index (χ3v) is 4.70. The predicted molar refractivity (Wildman–Crippen MR) is 72.3 cm³/mol. The van der Waals surface area contributed by atoms with Crippen molar-refractivity contribution < 1.29 is 4.52 Å². The maximum atomic E-state index is 5.95. The Labute approximate surface area is 112 Å². The summed E-state index contributed by atoms with van der Waals surface area (Å²) in [6.07, 6.45) is 5.26. The standard InChI is InChI=1S/C15H17N3O/c16-13-4-2-1-3-11(13)14-17-15(19-18-14)12-8-9-5-6-10(12)7-9/h1-4,9-10,12H,5-8,16H2. The third kappa shape index (κ3) is 1.74. The molecule has 2 aliphatic rings. The van der Waals surface area contributed by atoms with Crippen LogP contribution in [0.2, 0.25) is 0 Å². The van der Waals surface area contributed by atoms with Crippen LogP contribution in [0.3, 0.4) is 0 Å². The number of hydrogen-bond acceptors (Lipinski definition) is 4. The minimum Gasteiger partial charge on any atom is -0.398 e. The van der Waals surface area contributed by atoms with Crippen LogP contribution in [-0.2, 0) is 0 Å². The number of fused-ring (bicyclic) bond motifs is 2. The van der Waals surface area contributed by atoms with E-state index in [-0.39, 0.29) is 0 Å². The second kappa shape index (κ2) is 4.08. The average molecular weight is 255 g/mol. The number of rotatable bonds is 2. The third-order valence-electron chi connectivity index (χ3n) is 4.70. The molecule has 19 heavy (non-hydrogen) atoms. The number of aromatic nitrogens is 2. The molecule has 3 atom stereocenters. The maximum Gasteiger partial charge on any atom is 0.230 e. The molecule has 2 fully saturated rings. The number of benzene rings is 1. The molecule has 0 radical (unpaired) electrons. The number of anilines is 1. The van der Waals surface area contributed by atoms with Crippen LogP contribution in [0.1, 0.15) is 37.5 Å². The molecule has 4 heteroatoms. The molecule has 0 spiro atoms. The van der Waals surface area contributed by atoms with E-state index in [1.54, 1.807) is 0 Å². The van der Waals surface area contributed by atoms with Crippen molar-refractivity contribution in [2.45, 2.75) is 31.6 Å². The second-order valence-electron chi connectivity index (χ2n) is 5.82. The van der Waals surface area contributed by atoms with E-state index in [4.69, 9.17) is 10.3 Å². The van der Waals surface area contributed by atoms with Crippen LogP contribution in [0.5, 0.6) is 0 Å². The Hall–Kier alpha value is -1.84. The topological polar surface area (TPSA) is 64.9 Å². The highest BCUT2D eigenvalue weighted by Gasteiger charge is 2.42. The van der Waals surface area contributed by atoms with Gasteiger partial charge in [0.1, 0.15) is 0 Å². The lowest BCUT2D eigenvalue weighted by atomic mass is 9.89. The van der Waals surface area contributed by atoms with Crippen LogP contribution in [0.15, 0.2) is 28.8 Å². The van der Waals surface area contributed by atoms with Gasteiger partial charge in [-0.1, -0.05) is 23.7 Å². The molecule has 4 rings (SSSR count). The molecule has 2 bridgehead atoms. The number of hydrogen-bond donors (Lipinski definition) is 1. The van der Waals surface area contributed by atoms with Gasteiger partial charge < -0.3 is 10.3 Å². The highest BCUT2D eigenvalue weighted by molar-refractivity contribution is 5.70. The Bertz CT molecular complexity index is 607. The first-order valence-corrected chi connectivity index (χ1v) is 7.00. The van der Waals surface area contributed by atoms with Gasteiger partial charge in [-0.2, -0.15) is 4.98 Å². The molecule has 3 unspecified atom stereocenters. The second-order valence-corrected chi connectivity index (χ2v) is 5.82.